The van der Waals surface area contributed by atoms with Crippen LogP contribution in [0.4, 0.5) is 0 Å². The van der Waals surface area contributed by atoms with E-state index in [0.717, 1.165) is 25.9 Å². The average Bonchev–Trinajstić information content (AvgIpc) is 2.42. The highest BCUT2D eigenvalue weighted by Crippen LogP contribution is 2.34. The number of carbonyl (C=O) groups excluding carboxylic acids is 2. The van der Waals surface area contributed by atoms with Crippen LogP contribution in [0.25, 0.3) is 0 Å². The summed E-state index contributed by atoms with van der Waals surface area (Å²) in [5.41, 5.74) is -1.28. The highest BCUT2D eigenvalue weighted by molar-refractivity contribution is 5.93. The first-order valence-corrected chi connectivity index (χ1v) is 7.24. The van der Waals surface area contributed by atoms with E-state index in [0.29, 0.717) is 19.7 Å². The van der Waals surface area contributed by atoms with Crippen molar-refractivity contribution in [2.75, 3.05) is 39.9 Å². The SMILES string of the molecule is COCC1(C(=O)N2CCNC(=O)C2(C)C)CCNCC1. The molecule has 6 heteroatoms. The summed E-state index contributed by atoms with van der Waals surface area (Å²) < 4.78 is 5.32. The lowest BCUT2D eigenvalue weighted by atomic mass is 9.77. The van der Waals surface area contributed by atoms with Crippen LogP contribution < -0.4 is 10.6 Å². The lowest BCUT2D eigenvalue weighted by Gasteiger charge is -2.47. The van der Waals surface area contributed by atoms with Gasteiger partial charge in [0, 0.05) is 20.2 Å². The first-order valence-electron chi connectivity index (χ1n) is 7.24. The second kappa shape index (κ2) is 5.69. The quantitative estimate of drug-likeness (QED) is 0.749. The number of piperidine rings is 1. The van der Waals surface area contributed by atoms with E-state index in [1.807, 2.05) is 0 Å². The molecule has 2 heterocycles. The Labute approximate surface area is 120 Å². The minimum absolute atomic E-state index is 0.0562. The van der Waals surface area contributed by atoms with E-state index >= 15 is 0 Å². The van der Waals surface area contributed by atoms with Crippen LogP contribution in [0, 0.1) is 5.41 Å². The molecule has 20 heavy (non-hydrogen) atoms. The topological polar surface area (TPSA) is 70.7 Å². The lowest BCUT2D eigenvalue weighted by Crippen LogP contribution is -2.66. The van der Waals surface area contributed by atoms with E-state index in [-0.39, 0.29) is 11.8 Å². The van der Waals surface area contributed by atoms with Crippen molar-refractivity contribution in [2.45, 2.75) is 32.2 Å². The molecular formula is C14H25N3O3. The summed E-state index contributed by atoms with van der Waals surface area (Å²) in [6.45, 7) is 6.75. The molecule has 0 unspecified atom stereocenters. The highest BCUT2D eigenvalue weighted by atomic mass is 16.5. The highest BCUT2D eigenvalue weighted by Gasteiger charge is 2.49. The third-order valence-corrected chi connectivity index (χ3v) is 4.53. The van der Waals surface area contributed by atoms with Crippen molar-refractivity contribution >= 4 is 11.8 Å². The third-order valence-electron chi connectivity index (χ3n) is 4.53. The van der Waals surface area contributed by atoms with E-state index in [9.17, 15) is 9.59 Å². The van der Waals surface area contributed by atoms with E-state index in [1.54, 1.807) is 25.9 Å². The van der Waals surface area contributed by atoms with Crippen molar-refractivity contribution in [3.8, 4) is 0 Å². The number of methoxy groups -OCH3 is 1. The van der Waals surface area contributed by atoms with Gasteiger partial charge in [-0.1, -0.05) is 0 Å². The molecule has 2 N–H and O–H groups in total. The summed E-state index contributed by atoms with van der Waals surface area (Å²) in [7, 11) is 1.63. The molecule has 2 saturated heterocycles. The van der Waals surface area contributed by atoms with Crippen LogP contribution in [-0.4, -0.2) is 62.1 Å². The van der Waals surface area contributed by atoms with Crippen LogP contribution in [0.15, 0.2) is 0 Å². The van der Waals surface area contributed by atoms with Crippen molar-refractivity contribution in [3.05, 3.63) is 0 Å². The Balaban J connectivity index is 2.24. The smallest absolute Gasteiger partial charge is 0.245 e. The molecule has 0 atom stereocenters. The second-order valence-corrected chi connectivity index (χ2v) is 6.24. The van der Waals surface area contributed by atoms with Gasteiger partial charge in [0.2, 0.25) is 11.8 Å². The van der Waals surface area contributed by atoms with Crippen LogP contribution in [0.3, 0.4) is 0 Å². The normalized spacial score (nSPS) is 25.1. The van der Waals surface area contributed by atoms with Crippen LogP contribution in [0.1, 0.15) is 26.7 Å². The van der Waals surface area contributed by atoms with Gasteiger partial charge < -0.3 is 20.3 Å². The summed E-state index contributed by atoms with van der Waals surface area (Å²) >= 11 is 0. The number of rotatable bonds is 3. The zero-order valence-electron chi connectivity index (χ0n) is 12.6. The Kier molecular flexibility index (Phi) is 4.34. The number of hydrogen-bond donors (Lipinski definition) is 2. The summed E-state index contributed by atoms with van der Waals surface area (Å²) in [5.74, 6) is -0.0284. The number of ether oxygens (including phenoxy) is 1. The fourth-order valence-electron chi connectivity index (χ4n) is 3.14. The molecule has 0 radical (unpaired) electrons. The van der Waals surface area contributed by atoms with Gasteiger partial charge in [0.05, 0.1) is 12.0 Å². The molecule has 0 saturated carbocycles. The molecule has 2 rings (SSSR count). The summed E-state index contributed by atoms with van der Waals surface area (Å²) in [5, 5.41) is 6.11. The predicted molar refractivity (Wildman–Crippen MR) is 75.2 cm³/mol. The van der Waals surface area contributed by atoms with E-state index in [2.05, 4.69) is 10.6 Å². The molecule has 0 aliphatic carbocycles. The fourth-order valence-corrected chi connectivity index (χ4v) is 3.14. The Morgan fingerprint density at radius 2 is 1.95 bits per heavy atom. The largest absolute Gasteiger partial charge is 0.384 e. The molecule has 0 aromatic rings. The van der Waals surface area contributed by atoms with Crippen molar-refractivity contribution in [1.82, 2.24) is 15.5 Å². The standard InChI is InChI=1S/C14H25N3O3/c1-13(2)11(18)16-8-9-17(13)12(19)14(10-20-3)4-6-15-7-5-14/h15H,4-10H2,1-3H3,(H,16,18). The first kappa shape index (κ1) is 15.3. The maximum Gasteiger partial charge on any atom is 0.245 e. The van der Waals surface area contributed by atoms with E-state index in [4.69, 9.17) is 4.74 Å². The van der Waals surface area contributed by atoms with Gasteiger partial charge >= 0.3 is 0 Å². The molecule has 2 aliphatic heterocycles. The minimum Gasteiger partial charge on any atom is -0.384 e. The van der Waals surface area contributed by atoms with Gasteiger partial charge in [-0.15, -0.1) is 0 Å². The van der Waals surface area contributed by atoms with Gasteiger partial charge in [-0.2, -0.15) is 0 Å². The molecule has 2 amide bonds. The lowest BCUT2D eigenvalue weighted by molar-refractivity contribution is -0.160. The van der Waals surface area contributed by atoms with Gasteiger partial charge in [0.1, 0.15) is 5.54 Å². The van der Waals surface area contributed by atoms with Crippen LogP contribution >= 0.6 is 0 Å². The first-order chi connectivity index (χ1) is 9.44. The molecule has 0 bridgehead atoms. The third kappa shape index (κ3) is 2.54. The molecule has 0 aromatic carbocycles. The molecule has 6 nitrogen and oxygen atoms in total. The number of nitrogens with one attached hydrogen (secondary N) is 2. The molecule has 0 spiro atoms. The van der Waals surface area contributed by atoms with Crippen LogP contribution in [0.2, 0.25) is 0 Å². The van der Waals surface area contributed by atoms with Gasteiger partial charge in [0.15, 0.2) is 0 Å². The molecule has 114 valence electrons. The van der Waals surface area contributed by atoms with Crippen LogP contribution in [0.5, 0.6) is 0 Å². The number of hydrogen-bond acceptors (Lipinski definition) is 4. The average molecular weight is 283 g/mol. The molecular weight excluding hydrogens is 258 g/mol. The fraction of sp³-hybridized carbons (Fsp3) is 0.857. The predicted octanol–water partition coefficient (Wildman–Crippen LogP) is -0.260. The zero-order chi connectivity index (χ0) is 14.8. The number of nitrogens with zero attached hydrogens (tertiary/aromatic N) is 1. The molecule has 2 fully saturated rings. The maximum absolute atomic E-state index is 13.1. The zero-order valence-corrected chi connectivity index (χ0v) is 12.6. The monoisotopic (exact) mass is 283 g/mol. The van der Waals surface area contributed by atoms with Crippen molar-refractivity contribution in [3.63, 3.8) is 0 Å². The Bertz CT molecular complexity index is 384. The van der Waals surface area contributed by atoms with Gasteiger partial charge in [0.25, 0.3) is 0 Å². The second-order valence-electron chi connectivity index (χ2n) is 6.24. The molecule has 0 aromatic heterocycles. The summed E-state index contributed by atoms with van der Waals surface area (Å²) in [6.07, 6.45) is 1.52. The van der Waals surface area contributed by atoms with Crippen molar-refractivity contribution < 1.29 is 14.3 Å². The minimum atomic E-state index is -0.791. The number of carbonyl (C=O) groups is 2. The molecule has 2 aliphatic rings. The number of amides is 2. The van der Waals surface area contributed by atoms with E-state index < -0.39 is 11.0 Å². The summed E-state index contributed by atoms with van der Waals surface area (Å²) in [4.78, 5) is 26.8. The number of piperazine rings is 1. The Hall–Kier alpha value is -1.14. The van der Waals surface area contributed by atoms with Crippen molar-refractivity contribution in [2.24, 2.45) is 5.41 Å². The van der Waals surface area contributed by atoms with Gasteiger partial charge in [-0.25, -0.2) is 0 Å². The van der Waals surface area contributed by atoms with Gasteiger partial charge in [-0.3, -0.25) is 9.59 Å². The Morgan fingerprint density at radius 3 is 2.55 bits per heavy atom. The summed E-state index contributed by atoms with van der Waals surface area (Å²) in [6, 6.07) is 0. The maximum atomic E-state index is 13.1. The Morgan fingerprint density at radius 1 is 1.30 bits per heavy atom. The van der Waals surface area contributed by atoms with Gasteiger partial charge in [-0.05, 0) is 39.8 Å². The van der Waals surface area contributed by atoms with Crippen LogP contribution in [-0.2, 0) is 14.3 Å². The van der Waals surface area contributed by atoms with E-state index in [1.165, 1.54) is 0 Å². The van der Waals surface area contributed by atoms with Crippen molar-refractivity contribution in [1.29, 1.82) is 0 Å².